The van der Waals surface area contributed by atoms with E-state index in [0.29, 0.717) is 24.0 Å². The number of aryl methyl sites for hydroxylation is 3. The monoisotopic (exact) mass is 354 g/mol. The summed E-state index contributed by atoms with van der Waals surface area (Å²) in [6.45, 7) is 5.10. The van der Waals surface area contributed by atoms with Crippen LogP contribution in [-0.4, -0.2) is 48.8 Å². The SMILES string of the molecule is Cc1cc(C)c(S(=O)(=O)N2CCCC2C(=O)NCC(=O)O)c(C)c1. The minimum atomic E-state index is -3.82. The molecule has 0 radical (unpaired) electrons. The molecule has 1 aliphatic rings. The summed E-state index contributed by atoms with van der Waals surface area (Å²) in [6, 6.07) is 2.74. The lowest BCUT2D eigenvalue weighted by Gasteiger charge is -2.25. The molecule has 0 aromatic heterocycles. The molecule has 1 aromatic rings. The Balaban J connectivity index is 2.35. The number of carbonyl (C=O) groups is 2. The Labute approximate surface area is 141 Å². The van der Waals surface area contributed by atoms with Crippen LogP contribution in [0.25, 0.3) is 0 Å². The third-order valence-electron chi connectivity index (χ3n) is 4.09. The van der Waals surface area contributed by atoms with Crippen LogP contribution < -0.4 is 5.32 Å². The van der Waals surface area contributed by atoms with E-state index in [1.54, 1.807) is 26.0 Å². The van der Waals surface area contributed by atoms with Gasteiger partial charge < -0.3 is 10.4 Å². The van der Waals surface area contributed by atoms with Gasteiger partial charge in [-0.1, -0.05) is 17.7 Å². The zero-order valence-corrected chi connectivity index (χ0v) is 14.8. The number of carboxylic acids is 1. The first-order valence-corrected chi connectivity index (χ1v) is 9.18. The minimum absolute atomic E-state index is 0.228. The Morgan fingerprint density at radius 3 is 2.38 bits per heavy atom. The van der Waals surface area contributed by atoms with Gasteiger partial charge in [0, 0.05) is 6.54 Å². The van der Waals surface area contributed by atoms with Crippen molar-refractivity contribution in [1.29, 1.82) is 0 Å². The molecule has 1 amide bonds. The standard InChI is InChI=1S/C16H22N2O5S/c1-10-7-11(2)15(12(3)8-10)24(22,23)18-6-4-5-13(18)16(21)17-9-14(19)20/h7-8,13H,4-6,9H2,1-3H3,(H,17,21)(H,19,20). The summed E-state index contributed by atoms with van der Waals surface area (Å²) in [5.74, 6) is -1.73. The average molecular weight is 354 g/mol. The smallest absolute Gasteiger partial charge is 0.322 e. The quantitative estimate of drug-likeness (QED) is 0.820. The maximum absolute atomic E-state index is 13.1. The molecule has 7 nitrogen and oxygen atoms in total. The van der Waals surface area contributed by atoms with E-state index in [2.05, 4.69) is 5.32 Å². The third-order valence-corrected chi connectivity index (χ3v) is 6.31. The molecule has 1 aliphatic heterocycles. The molecule has 1 unspecified atom stereocenters. The van der Waals surface area contributed by atoms with Gasteiger partial charge >= 0.3 is 5.97 Å². The van der Waals surface area contributed by atoms with Crippen LogP contribution in [0.4, 0.5) is 0 Å². The van der Waals surface area contributed by atoms with Crippen molar-refractivity contribution in [1.82, 2.24) is 9.62 Å². The van der Waals surface area contributed by atoms with Crippen LogP contribution in [0.2, 0.25) is 0 Å². The van der Waals surface area contributed by atoms with Gasteiger partial charge in [-0.15, -0.1) is 0 Å². The summed E-state index contributed by atoms with van der Waals surface area (Å²) in [7, 11) is -3.82. The zero-order chi connectivity index (χ0) is 18.1. The number of benzene rings is 1. The summed E-state index contributed by atoms with van der Waals surface area (Å²) in [4.78, 5) is 23.0. The fourth-order valence-corrected chi connectivity index (χ4v) is 5.33. The second-order valence-corrected chi connectivity index (χ2v) is 7.94. The molecule has 0 bridgehead atoms. The van der Waals surface area contributed by atoms with Crippen LogP contribution >= 0.6 is 0 Å². The van der Waals surface area contributed by atoms with Gasteiger partial charge in [0.25, 0.3) is 0 Å². The number of sulfonamides is 1. The van der Waals surface area contributed by atoms with E-state index in [1.807, 2.05) is 6.92 Å². The van der Waals surface area contributed by atoms with Crippen molar-refractivity contribution >= 4 is 21.9 Å². The highest BCUT2D eigenvalue weighted by Gasteiger charge is 2.40. The van der Waals surface area contributed by atoms with Crippen molar-refractivity contribution in [2.45, 2.75) is 44.6 Å². The van der Waals surface area contributed by atoms with Crippen LogP contribution in [-0.2, 0) is 19.6 Å². The first-order chi connectivity index (χ1) is 11.1. The number of carboxylic acid groups (broad SMARTS) is 1. The van der Waals surface area contributed by atoms with Gasteiger partial charge in [-0.05, 0) is 44.7 Å². The van der Waals surface area contributed by atoms with Crippen LogP contribution in [0, 0.1) is 20.8 Å². The topological polar surface area (TPSA) is 104 Å². The number of amides is 1. The van der Waals surface area contributed by atoms with Crippen molar-refractivity contribution in [3.05, 3.63) is 28.8 Å². The third kappa shape index (κ3) is 3.59. The van der Waals surface area contributed by atoms with E-state index in [9.17, 15) is 18.0 Å². The van der Waals surface area contributed by atoms with Crippen LogP contribution in [0.5, 0.6) is 0 Å². The van der Waals surface area contributed by atoms with Crippen molar-refractivity contribution in [3.63, 3.8) is 0 Å². The number of rotatable bonds is 5. The number of hydrogen-bond acceptors (Lipinski definition) is 4. The maximum atomic E-state index is 13.1. The van der Waals surface area contributed by atoms with Gasteiger partial charge in [-0.2, -0.15) is 4.31 Å². The molecule has 0 spiro atoms. The van der Waals surface area contributed by atoms with Crippen LogP contribution in [0.15, 0.2) is 17.0 Å². The number of nitrogens with one attached hydrogen (secondary N) is 1. The normalized spacial score (nSPS) is 18.5. The lowest BCUT2D eigenvalue weighted by Crippen LogP contribution is -2.47. The molecule has 8 heteroatoms. The Morgan fingerprint density at radius 1 is 1.25 bits per heavy atom. The highest BCUT2D eigenvalue weighted by Crippen LogP contribution is 2.30. The van der Waals surface area contributed by atoms with Gasteiger partial charge in [0.05, 0.1) is 4.90 Å². The summed E-state index contributed by atoms with van der Waals surface area (Å²) in [5.41, 5.74) is 2.26. The maximum Gasteiger partial charge on any atom is 0.322 e. The van der Waals surface area contributed by atoms with Crippen LogP contribution in [0.3, 0.4) is 0 Å². The highest BCUT2D eigenvalue weighted by atomic mass is 32.2. The number of aliphatic carboxylic acids is 1. The molecular weight excluding hydrogens is 332 g/mol. The zero-order valence-electron chi connectivity index (χ0n) is 14.0. The first kappa shape index (κ1) is 18.4. The number of nitrogens with zero attached hydrogens (tertiary/aromatic N) is 1. The molecule has 1 fully saturated rings. The Hall–Kier alpha value is -1.93. The van der Waals surface area contributed by atoms with E-state index in [4.69, 9.17) is 5.11 Å². The molecule has 132 valence electrons. The lowest BCUT2D eigenvalue weighted by atomic mass is 10.1. The first-order valence-electron chi connectivity index (χ1n) is 7.74. The highest BCUT2D eigenvalue weighted by molar-refractivity contribution is 7.89. The molecular formula is C16H22N2O5S. The molecule has 0 aliphatic carbocycles. The summed E-state index contributed by atoms with van der Waals surface area (Å²) in [5, 5.41) is 10.9. The number of hydrogen-bond donors (Lipinski definition) is 2. The van der Waals surface area contributed by atoms with Gasteiger partial charge in [0.1, 0.15) is 12.6 Å². The summed E-state index contributed by atoms with van der Waals surface area (Å²) < 4.78 is 27.3. The van der Waals surface area contributed by atoms with Crippen molar-refractivity contribution in [2.24, 2.45) is 0 Å². The largest absolute Gasteiger partial charge is 0.480 e. The Morgan fingerprint density at radius 2 is 1.83 bits per heavy atom. The van der Waals surface area contributed by atoms with Gasteiger partial charge in [0.2, 0.25) is 15.9 Å². The fraction of sp³-hybridized carbons (Fsp3) is 0.500. The Bertz CT molecular complexity index is 750. The summed E-state index contributed by atoms with van der Waals surface area (Å²) in [6.07, 6.45) is 0.947. The molecule has 24 heavy (non-hydrogen) atoms. The van der Waals surface area contributed by atoms with E-state index >= 15 is 0 Å². The van der Waals surface area contributed by atoms with Gasteiger partial charge in [0.15, 0.2) is 0 Å². The van der Waals surface area contributed by atoms with Crippen molar-refractivity contribution < 1.29 is 23.1 Å². The second-order valence-electron chi connectivity index (χ2n) is 6.11. The van der Waals surface area contributed by atoms with E-state index in [0.717, 1.165) is 5.56 Å². The molecule has 1 aromatic carbocycles. The second kappa shape index (κ2) is 6.90. The number of carbonyl (C=O) groups excluding carboxylic acids is 1. The molecule has 1 heterocycles. The van der Waals surface area contributed by atoms with Gasteiger partial charge in [-0.3, -0.25) is 9.59 Å². The van der Waals surface area contributed by atoms with Crippen molar-refractivity contribution in [3.8, 4) is 0 Å². The van der Waals surface area contributed by atoms with Crippen LogP contribution in [0.1, 0.15) is 29.5 Å². The fourth-order valence-electron chi connectivity index (χ4n) is 3.26. The molecule has 2 N–H and O–H groups in total. The molecule has 1 atom stereocenters. The minimum Gasteiger partial charge on any atom is -0.480 e. The Kier molecular flexibility index (Phi) is 5.29. The average Bonchev–Trinajstić information content (AvgIpc) is 2.93. The van der Waals surface area contributed by atoms with E-state index in [-0.39, 0.29) is 11.4 Å². The lowest BCUT2D eigenvalue weighted by molar-refractivity contribution is -0.138. The van der Waals surface area contributed by atoms with Crippen molar-refractivity contribution in [2.75, 3.05) is 13.1 Å². The molecule has 0 saturated carbocycles. The van der Waals surface area contributed by atoms with Gasteiger partial charge in [-0.25, -0.2) is 8.42 Å². The summed E-state index contributed by atoms with van der Waals surface area (Å²) >= 11 is 0. The predicted octanol–water partition coefficient (Wildman–Crippen LogP) is 0.966. The van der Waals surface area contributed by atoms with E-state index in [1.165, 1.54) is 4.31 Å². The molecule has 1 saturated heterocycles. The van der Waals surface area contributed by atoms with E-state index < -0.39 is 34.5 Å². The predicted molar refractivity (Wildman–Crippen MR) is 88.2 cm³/mol. The molecule has 2 rings (SSSR count).